The summed E-state index contributed by atoms with van der Waals surface area (Å²) in [6, 6.07) is 0.0587. The van der Waals surface area contributed by atoms with Crippen molar-refractivity contribution in [1.29, 1.82) is 0 Å². The standard InChI is InChI=1S/C17H28N4O3/c1-3-5-15-18-16(24-19-15)13(2)21-7-4-6-14(12-21)17(22)20-8-10-23-11-9-20/h13-14H,3-12H2,1-2H3/t13-,14+/m1/s1. The maximum absolute atomic E-state index is 12.7. The van der Waals surface area contributed by atoms with Gasteiger partial charge in [-0.25, -0.2) is 0 Å². The van der Waals surface area contributed by atoms with Crippen LogP contribution in [0.5, 0.6) is 0 Å². The van der Waals surface area contributed by atoms with E-state index in [0.29, 0.717) is 19.1 Å². The molecule has 0 unspecified atom stereocenters. The molecule has 0 aliphatic carbocycles. The van der Waals surface area contributed by atoms with E-state index in [-0.39, 0.29) is 17.9 Å². The zero-order valence-electron chi connectivity index (χ0n) is 14.7. The molecule has 1 aromatic heterocycles. The number of hydrogen-bond donors (Lipinski definition) is 0. The van der Waals surface area contributed by atoms with Crippen LogP contribution in [-0.2, 0) is 16.0 Å². The number of piperidine rings is 1. The molecule has 0 bridgehead atoms. The molecule has 0 spiro atoms. The van der Waals surface area contributed by atoms with E-state index in [0.717, 1.165) is 57.7 Å². The molecule has 3 rings (SSSR count). The van der Waals surface area contributed by atoms with Gasteiger partial charge in [0, 0.05) is 26.1 Å². The van der Waals surface area contributed by atoms with Gasteiger partial charge >= 0.3 is 0 Å². The molecule has 0 radical (unpaired) electrons. The summed E-state index contributed by atoms with van der Waals surface area (Å²) in [7, 11) is 0. The summed E-state index contributed by atoms with van der Waals surface area (Å²) >= 11 is 0. The topological polar surface area (TPSA) is 71.7 Å². The molecule has 1 aromatic rings. The Balaban J connectivity index is 1.60. The van der Waals surface area contributed by atoms with Gasteiger partial charge in [-0.05, 0) is 32.7 Å². The normalized spacial score (nSPS) is 24.1. The van der Waals surface area contributed by atoms with Crippen LogP contribution in [0.1, 0.15) is 50.9 Å². The van der Waals surface area contributed by atoms with Crippen LogP contribution in [0.4, 0.5) is 0 Å². The number of hydrogen-bond acceptors (Lipinski definition) is 6. The monoisotopic (exact) mass is 336 g/mol. The van der Waals surface area contributed by atoms with E-state index < -0.39 is 0 Å². The zero-order valence-corrected chi connectivity index (χ0v) is 14.7. The SMILES string of the molecule is CCCc1noc([C@@H](C)N2CCC[C@H](C(=O)N3CCOCC3)C2)n1. The van der Waals surface area contributed by atoms with Crippen molar-refractivity contribution in [3.05, 3.63) is 11.7 Å². The third-order valence-corrected chi connectivity index (χ3v) is 4.99. The largest absolute Gasteiger partial charge is 0.378 e. The maximum Gasteiger partial charge on any atom is 0.243 e. The molecule has 2 saturated heterocycles. The van der Waals surface area contributed by atoms with E-state index in [9.17, 15) is 4.79 Å². The van der Waals surface area contributed by atoms with E-state index in [1.54, 1.807) is 0 Å². The highest BCUT2D eigenvalue weighted by Crippen LogP contribution is 2.27. The number of carbonyl (C=O) groups excluding carboxylic acids is 1. The highest BCUT2D eigenvalue weighted by atomic mass is 16.5. The van der Waals surface area contributed by atoms with Gasteiger partial charge in [0.1, 0.15) is 0 Å². The molecule has 0 aromatic carbocycles. The number of morpholine rings is 1. The number of nitrogens with zero attached hydrogens (tertiary/aromatic N) is 4. The molecular formula is C17H28N4O3. The Morgan fingerprint density at radius 2 is 2.12 bits per heavy atom. The number of aryl methyl sites for hydroxylation is 1. The minimum atomic E-state index is 0.0587. The first-order valence-corrected chi connectivity index (χ1v) is 9.12. The van der Waals surface area contributed by atoms with Crippen LogP contribution in [0.2, 0.25) is 0 Å². The number of amides is 1. The van der Waals surface area contributed by atoms with Gasteiger partial charge in [-0.1, -0.05) is 12.1 Å². The summed E-state index contributed by atoms with van der Waals surface area (Å²) in [5.74, 6) is 1.78. The number of carbonyl (C=O) groups is 1. The Labute approximate surface area is 143 Å². The van der Waals surface area contributed by atoms with Crippen molar-refractivity contribution in [3.8, 4) is 0 Å². The third kappa shape index (κ3) is 3.95. The molecule has 134 valence electrons. The van der Waals surface area contributed by atoms with Gasteiger partial charge < -0.3 is 14.2 Å². The molecule has 2 aliphatic rings. The van der Waals surface area contributed by atoms with E-state index >= 15 is 0 Å². The quantitative estimate of drug-likeness (QED) is 0.814. The lowest BCUT2D eigenvalue weighted by Gasteiger charge is -2.37. The van der Waals surface area contributed by atoms with Gasteiger partial charge in [-0.15, -0.1) is 0 Å². The molecule has 7 heteroatoms. The van der Waals surface area contributed by atoms with Crippen molar-refractivity contribution in [1.82, 2.24) is 19.9 Å². The molecule has 0 saturated carbocycles. The summed E-state index contributed by atoms with van der Waals surface area (Å²) in [5.41, 5.74) is 0. The van der Waals surface area contributed by atoms with Crippen LogP contribution >= 0.6 is 0 Å². The lowest BCUT2D eigenvalue weighted by molar-refractivity contribution is -0.141. The van der Waals surface area contributed by atoms with Crippen LogP contribution in [0, 0.1) is 5.92 Å². The Morgan fingerprint density at radius 3 is 2.88 bits per heavy atom. The average molecular weight is 336 g/mol. The lowest BCUT2D eigenvalue weighted by atomic mass is 9.95. The fourth-order valence-electron chi connectivity index (χ4n) is 3.52. The molecule has 2 fully saturated rings. The minimum Gasteiger partial charge on any atom is -0.378 e. The first-order valence-electron chi connectivity index (χ1n) is 9.12. The van der Waals surface area contributed by atoms with E-state index in [1.807, 2.05) is 4.90 Å². The predicted molar refractivity (Wildman–Crippen MR) is 88.4 cm³/mol. The first-order chi connectivity index (χ1) is 11.7. The summed E-state index contributed by atoms with van der Waals surface area (Å²) in [5, 5.41) is 4.05. The van der Waals surface area contributed by atoms with Gasteiger partial charge in [-0.2, -0.15) is 4.98 Å². The van der Waals surface area contributed by atoms with Gasteiger partial charge in [0.2, 0.25) is 11.8 Å². The molecule has 3 heterocycles. The van der Waals surface area contributed by atoms with Crippen molar-refractivity contribution >= 4 is 5.91 Å². The molecule has 24 heavy (non-hydrogen) atoms. The second kappa shape index (κ2) is 8.07. The zero-order chi connectivity index (χ0) is 16.9. The number of ether oxygens (including phenoxy) is 1. The lowest BCUT2D eigenvalue weighted by Crippen LogP contribution is -2.48. The molecule has 7 nitrogen and oxygen atoms in total. The van der Waals surface area contributed by atoms with Crippen LogP contribution in [0.3, 0.4) is 0 Å². The van der Waals surface area contributed by atoms with E-state index in [2.05, 4.69) is 28.9 Å². The second-order valence-corrected chi connectivity index (χ2v) is 6.75. The highest BCUT2D eigenvalue weighted by Gasteiger charge is 2.33. The van der Waals surface area contributed by atoms with Gasteiger partial charge in [-0.3, -0.25) is 9.69 Å². The molecule has 1 amide bonds. The summed E-state index contributed by atoms with van der Waals surface area (Å²) in [6.45, 7) is 8.67. The van der Waals surface area contributed by atoms with Gasteiger partial charge in [0.25, 0.3) is 0 Å². The second-order valence-electron chi connectivity index (χ2n) is 6.75. The van der Waals surface area contributed by atoms with Crippen molar-refractivity contribution in [2.75, 3.05) is 39.4 Å². The molecular weight excluding hydrogens is 308 g/mol. The Kier molecular flexibility index (Phi) is 5.84. The summed E-state index contributed by atoms with van der Waals surface area (Å²) in [6.07, 6.45) is 3.84. The first kappa shape index (κ1) is 17.4. The van der Waals surface area contributed by atoms with Crippen molar-refractivity contribution in [2.24, 2.45) is 5.92 Å². The van der Waals surface area contributed by atoms with Crippen molar-refractivity contribution < 1.29 is 14.1 Å². The number of rotatable bonds is 5. The maximum atomic E-state index is 12.7. The average Bonchev–Trinajstić information content (AvgIpc) is 3.10. The van der Waals surface area contributed by atoms with Gasteiger partial charge in [0.15, 0.2) is 5.82 Å². The van der Waals surface area contributed by atoms with E-state index in [1.165, 1.54) is 0 Å². The van der Waals surface area contributed by atoms with Crippen LogP contribution in [0.15, 0.2) is 4.52 Å². The predicted octanol–water partition coefficient (Wildman–Crippen LogP) is 1.65. The summed E-state index contributed by atoms with van der Waals surface area (Å²) in [4.78, 5) is 21.5. The number of likely N-dealkylation sites (tertiary alicyclic amines) is 1. The molecule has 0 N–H and O–H groups in total. The smallest absolute Gasteiger partial charge is 0.243 e. The van der Waals surface area contributed by atoms with Crippen LogP contribution < -0.4 is 0 Å². The highest BCUT2D eigenvalue weighted by molar-refractivity contribution is 5.79. The Bertz CT molecular complexity index is 542. The minimum absolute atomic E-state index is 0.0587. The van der Waals surface area contributed by atoms with E-state index in [4.69, 9.17) is 9.26 Å². The fourth-order valence-corrected chi connectivity index (χ4v) is 3.52. The van der Waals surface area contributed by atoms with Crippen molar-refractivity contribution in [3.63, 3.8) is 0 Å². The Morgan fingerprint density at radius 1 is 1.33 bits per heavy atom. The molecule has 2 atom stereocenters. The fraction of sp³-hybridized carbons (Fsp3) is 0.824. The van der Waals surface area contributed by atoms with Crippen LogP contribution in [-0.4, -0.2) is 65.2 Å². The van der Waals surface area contributed by atoms with Gasteiger partial charge in [0.05, 0.1) is 25.2 Å². The third-order valence-electron chi connectivity index (χ3n) is 4.99. The molecule has 2 aliphatic heterocycles. The number of aromatic nitrogens is 2. The summed E-state index contributed by atoms with van der Waals surface area (Å²) < 4.78 is 10.8. The Hall–Kier alpha value is -1.47. The van der Waals surface area contributed by atoms with Crippen molar-refractivity contribution in [2.45, 2.75) is 45.6 Å². The van der Waals surface area contributed by atoms with Crippen LogP contribution in [0.25, 0.3) is 0 Å².